The molecule has 138 heavy (non-hydrogen) atoms. The summed E-state index contributed by atoms with van der Waals surface area (Å²) in [5.41, 5.74) is 51.4. The minimum absolute atomic E-state index is 0.0372. The van der Waals surface area contributed by atoms with Gasteiger partial charge in [0.15, 0.2) is 27.6 Å². The van der Waals surface area contributed by atoms with Crippen LogP contribution in [0.15, 0.2) is 277 Å². The van der Waals surface area contributed by atoms with Gasteiger partial charge in [-0.3, -0.25) is 0 Å². The van der Waals surface area contributed by atoms with Crippen molar-refractivity contribution in [2.45, 2.75) is 224 Å². The number of rotatable bonds is 1. The summed E-state index contributed by atoms with van der Waals surface area (Å²) in [7, 11) is -5.63. The SMILES string of the molecule is CC(C)(C)c1cc2c3c(c1)N1c4ccc(C(C)(C)C)cc4C(C)(C)c4c(C(C)(C)C)cc5c(c41)[Si]3(C)c1c(cc(C(C)(C)C)c3c1N2c1ccc(C(C)(C)C)cc1C3(C)C)S5.Cc1cc2c3c(c1)N(c1ccc4c(c1)C1(c5ccccc5-c5ccccc51)c1ccccc1-4)c1cc(C)c4c5c1[Si]3(C)c1c(cc(C)cc1N5c1cc3c(cc1O4)-c1ccccc1C31c3ccccc3-c3ccccc31)O2. The van der Waals surface area contributed by atoms with Gasteiger partial charge in [-0.1, -0.05) is 332 Å². The maximum atomic E-state index is 7.60. The summed E-state index contributed by atoms with van der Waals surface area (Å²) in [5, 5.41) is 8.88. The number of hydrogen-bond acceptors (Lipinski definition) is 7. The van der Waals surface area contributed by atoms with Gasteiger partial charge in [0, 0.05) is 58.9 Å². The molecule has 13 aliphatic rings. The lowest BCUT2D eigenvalue weighted by Crippen LogP contribution is -2.74. The second kappa shape index (κ2) is 26.2. The van der Waals surface area contributed by atoms with Gasteiger partial charge in [-0.15, -0.1) is 0 Å². The highest BCUT2D eigenvalue weighted by atomic mass is 32.2. The number of anilines is 12. The lowest BCUT2D eigenvalue weighted by molar-refractivity contribution is 0.472. The van der Waals surface area contributed by atoms with Crippen LogP contribution in [-0.2, 0) is 48.7 Å². The number of hydrogen-bond donors (Lipinski definition) is 0. The molecule has 678 valence electrons. The van der Waals surface area contributed by atoms with Gasteiger partial charge in [0.05, 0.1) is 56.3 Å². The largest absolute Gasteiger partial charge is 0.457 e. The monoisotopic (exact) mass is 1840 g/mol. The van der Waals surface area contributed by atoms with Crippen LogP contribution in [0.1, 0.15) is 243 Å². The molecule has 0 N–H and O–H groups in total. The standard InChI is InChI=1S/C72H46N2O2Si.C57H70N2SSi/c1-39-31-60-68-64(33-39)75-65-34-40(2)32-61-69(65)77(68,4)70-62(73(60)42-29-30-49-47-21-9-15-27-55(47)71(57(49)36-42)51-23-11-5-17-43(51)44-18-6-12-24-52(44)71)35-41(3)67-66(70)74(61)59-38-58-50(37-63(59)76-67)48-22-10-16-28-56(48)72(58)53-25-13-7-19-45(53)46-20-8-14-26-54(46)72;1-51(2,3)31-21-23-38-34(25-31)56(16,17)44-36(54(10,11)12)29-42-49-46(44)58(38)40-27-33(53(7,8)9)28-41-48(40)61(49,20)50-43(60-42)30-37(55(13,14)15)45-47(50)59(41)39-24-22-32(52(4,5)6)26-35(39)57(45,18)19/h5-38H,1-4H3;21-30H,1-20H3. The van der Waals surface area contributed by atoms with E-state index >= 15 is 0 Å². The highest BCUT2D eigenvalue weighted by molar-refractivity contribution is 8.00. The van der Waals surface area contributed by atoms with E-state index in [0.29, 0.717) is 0 Å². The lowest BCUT2D eigenvalue weighted by atomic mass is 9.66. The van der Waals surface area contributed by atoms with Crippen LogP contribution < -0.4 is 60.2 Å². The molecular formula is C129H116N4O2SSi2. The van der Waals surface area contributed by atoms with Crippen LogP contribution in [-0.4, -0.2) is 16.1 Å². The molecule has 0 bridgehead atoms. The van der Waals surface area contributed by atoms with Gasteiger partial charge in [-0.25, -0.2) is 0 Å². The molecule has 29 rings (SSSR count). The highest BCUT2D eigenvalue weighted by Gasteiger charge is 2.64. The Morgan fingerprint density at radius 3 is 1.06 bits per heavy atom. The molecular weight excluding hydrogens is 1730 g/mol. The number of benzene rings is 16. The van der Waals surface area contributed by atoms with Crippen LogP contribution in [0, 0.1) is 20.8 Å². The molecule has 0 aromatic heterocycles. The smallest absolute Gasteiger partial charge is 0.166 e. The molecule has 0 amide bonds. The summed E-state index contributed by atoms with van der Waals surface area (Å²) in [4.78, 5) is 13.8. The molecule has 0 saturated heterocycles. The first-order valence-electron chi connectivity index (χ1n) is 50.2. The number of aryl methyl sites for hydroxylation is 3. The average Bonchev–Trinajstić information content (AvgIpc) is 0.963. The van der Waals surface area contributed by atoms with Gasteiger partial charge in [0.25, 0.3) is 0 Å². The third-order valence-corrected chi connectivity index (χ3v) is 45.3. The van der Waals surface area contributed by atoms with Crippen molar-refractivity contribution < 1.29 is 9.47 Å². The summed E-state index contributed by atoms with van der Waals surface area (Å²) in [6.45, 7) is 58.4. The maximum Gasteiger partial charge on any atom is 0.166 e. The van der Waals surface area contributed by atoms with Crippen molar-refractivity contribution in [1.82, 2.24) is 0 Å². The average molecular weight is 1840 g/mol. The first-order chi connectivity index (χ1) is 65.6. The summed E-state index contributed by atoms with van der Waals surface area (Å²) in [6, 6.07) is 104. The molecule has 0 fully saturated rings. The third-order valence-electron chi connectivity index (χ3n) is 34.9. The van der Waals surface area contributed by atoms with Crippen molar-refractivity contribution >= 4 is 127 Å². The zero-order chi connectivity index (χ0) is 95.1. The Bertz CT molecular complexity index is 8140. The molecule has 4 aliphatic carbocycles. The van der Waals surface area contributed by atoms with Crippen LogP contribution in [0.4, 0.5) is 68.2 Å². The summed E-state index contributed by atoms with van der Waals surface area (Å²) in [6.07, 6.45) is 0. The van der Waals surface area contributed by atoms with Gasteiger partial charge in [0.1, 0.15) is 11.5 Å². The predicted molar refractivity (Wildman–Crippen MR) is 581 cm³/mol. The fourth-order valence-corrected chi connectivity index (χ4v) is 40.8. The Hall–Kier alpha value is -12.9. The van der Waals surface area contributed by atoms with Crippen LogP contribution in [0.2, 0.25) is 13.1 Å². The van der Waals surface area contributed by atoms with E-state index in [1.165, 1.54) is 227 Å². The molecule has 2 spiro atoms. The van der Waals surface area contributed by atoms with Crippen LogP contribution in [0.25, 0.3) is 44.5 Å². The van der Waals surface area contributed by atoms with Crippen molar-refractivity contribution in [3.8, 4) is 67.5 Å². The molecule has 9 heteroatoms. The lowest BCUT2D eigenvalue weighted by Gasteiger charge is -2.58. The van der Waals surface area contributed by atoms with E-state index in [1.807, 2.05) is 0 Å². The minimum Gasteiger partial charge on any atom is -0.457 e. The number of nitrogens with zero attached hydrogens (tertiary/aromatic N) is 4. The topological polar surface area (TPSA) is 31.4 Å². The quantitative estimate of drug-likeness (QED) is 0.151. The highest BCUT2D eigenvalue weighted by Crippen LogP contribution is 2.71. The number of ether oxygens (including phenoxy) is 2. The van der Waals surface area contributed by atoms with Gasteiger partial charge in [-0.2, -0.15) is 0 Å². The van der Waals surface area contributed by atoms with E-state index in [2.05, 4.69) is 464 Å². The Balaban J connectivity index is 0.000000140. The van der Waals surface area contributed by atoms with E-state index in [1.54, 1.807) is 15.6 Å². The number of fused-ring (bicyclic) bond motifs is 29. The van der Waals surface area contributed by atoms with Crippen molar-refractivity contribution in [2.75, 3.05) is 19.6 Å². The fourth-order valence-electron chi connectivity index (χ4n) is 28.9. The fraction of sp³-hybridized carbons (Fsp3) is 0.256. The maximum absolute atomic E-state index is 7.60. The normalized spacial score (nSPS) is 17.9. The van der Waals surface area contributed by atoms with E-state index in [4.69, 9.17) is 9.47 Å². The molecule has 0 radical (unpaired) electrons. The Morgan fingerprint density at radius 2 is 0.638 bits per heavy atom. The summed E-state index contributed by atoms with van der Waals surface area (Å²) in [5.74, 6) is 3.74. The predicted octanol–water partition coefficient (Wildman–Crippen LogP) is 30.8. The molecule has 16 aromatic carbocycles. The molecule has 9 aliphatic heterocycles. The first kappa shape index (κ1) is 83.3. The van der Waals surface area contributed by atoms with E-state index in [0.717, 1.165) is 45.6 Å². The van der Waals surface area contributed by atoms with Gasteiger partial charge in [0.2, 0.25) is 0 Å². The molecule has 0 saturated carbocycles. The van der Waals surface area contributed by atoms with E-state index in [9.17, 15) is 0 Å². The van der Waals surface area contributed by atoms with Crippen molar-refractivity contribution in [3.05, 3.63) is 378 Å². The first-order valence-corrected chi connectivity index (χ1v) is 56.0. The molecule has 1 unspecified atom stereocenters. The molecule has 9 heterocycles. The summed E-state index contributed by atoms with van der Waals surface area (Å²) < 4.78 is 15.0. The second-order valence-corrected chi connectivity index (χ2v) is 57.3. The van der Waals surface area contributed by atoms with Gasteiger partial charge in [-0.05, 0) is 310 Å². The van der Waals surface area contributed by atoms with E-state index in [-0.39, 0.29) is 37.9 Å². The molecule has 16 aromatic rings. The zero-order valence-electron chi connectivity index (χ0n) is 83.9. The molecule has 1 atom stereocenters. The minimum atomic E-state index is -2.91. The van der Waals surface area contributed by atoms with Crippen LogP contribution in [0.5, 0.6) is 23.0 Å². The zero-order valence-corrected chi connectivity index (χ0v) is 86.7. The second-order valence-electron chi connectivity index (χ2n) is 48.7. The summed E-state index contributed by atoms with van der Waals surface area (Å²) >= 11 is 2.08. The van der Waals surface area contributed by atoms with Crippen LogP contribution in [0.3, 0.4) is 0 Å². The van der Waals surface area contributed by atoms with Gasteiger partial charge >= 0.3 is 0 Å². The Kier molecular flexibility index (Phi) is 15.8. The van der Waals surface area contributed by atoms with Crippen LogP contribution >= 0.6 is 11.8 Å². The van der Waals surface area contributed by atoms with Crippen molar-refractivity contribution in [2.24, 2.45) is 0 Å². The third kappa shape index (κ3) is 9.92. The Labute approximate surface area is 819 Å². The van der Waals surface area contributed by atoms with E-state index < -0.39 is 27.0 Å². The van der Waals surface area contributed by atoms with Gasteiger partial charge < -0.3 is 29.1 Å². The molecule has 6 nitrogen and oxygen atoms in total. The van der Waals surface area contributed by atoms with Crippen molar-refractivity contribution in [1.29, 1.82) is 0 Å². The van der Waals surface area contributed by atoms with Crippen molar-refractivity contribution in [3.63, 3.8) is 0 Å². The Morgan fingerprint density at radius 1 is 0.268 bits per heavy atom.